The Kier molecular flexibility index (Phi) is 9.84. The molecule has 0 aromatic carbocycles. The Morgan fingerprint density at radius 3 is 1.81 bits per heavy atom. The van der Waals surface area contributed by atoms with E-state index >= 15 is 0 Å². The van der Waals surface area contributed by atoms with Crippen molar-refractivity contribution in [2.24, 2.45) is 11.5 Å². The normalized spacial score (nSPS) is 15.1. The SMILES string of the molecule is CC(NC(=O)C(N)CCC(N)=O)C(=O)NC(C)C(=O)NC(CO)C(=O)O. The monoisotopic (exact) mass is 375 g/mol. The Bertz CT molecular complexity index is 554. The lowest BCUT2D eigenvalue weighted by Gasteiger charge is -2.21. The number of aliphatic hydroxyl groups is 1. The number of aliphatic carboxylic acids is 1. The first-order valence-corrected chi connectivity index (χ1v) is 7.78. The highest BCUT2D eigenvalue weighted by Gasteiger charge is 2.26. The maximum Gasteiger partial charge on any atom is 0.328 e. The summed E-state index contributed by atoms with van der Waals surface area (Å²) in [6.45, 7) is 1.85. The van der Waals surface area contributed by atoms with Gasteiger partial charge in [0.25, 0.3) is 0 Å². The van der Waals surface area contributed by atoms with Crippen LogP contribution in [0.2, 0.25) is 0 Å². The third-order valence-electron chi connectivity index (χ3n) is 3.34. The molecule has 4 amide bonds. The number of carboxylic acids is 1. The van der Waals surface area contributed by atoms with Gasteiger partial charge in [0.1, 0.15) is 18.1 Å². The van der Waals surface area contributed by atoms with Crippen molar-refractivity contribution in [2.45, 2.75) is 50.9 Å². The van der Waals surface area contributed by atoms with E-state index < -0.39 is 60.4 Å². The van der Waals surface area contributed by atoms with E-state index in [2.05, 4.69) is 10.6 Å². The summed E-state index contributed by atoms with van der Waals surface area (Å²) in [5.41, 5.74) is 10.5. The topological polar surface area (TPSA) is 214 Å². The summed E-state index contributed by atoms with van der Waals surface area (Å²) in [5, 5.41) is 24.3. The van der Waals surface area contributed by atoms with Crippen LogP contribution in [0.1, 0.15) is 26.7 Å². The maximum atomic E-state index is 12.0. The molecule has 9 N–H and O–H groups in total. The third-order valence-corrected chi connectivity index (χ3v) is 3.34. The second-order valence-electron chi connectivity index (χ2n) is 5.65. The van der Waals surface area contributed by atoms with Crippen molar-refractivity contribution in [1.82, 2.24) is 16.0 Å². The van der Waals surface area contributed by atoms with E-state index in [0.717, 1.165) is 0 Å². The zero-order chi connectivity index (χ0) is 20.4. The molecule has 0 heterocycles. The molecular formula is C14H25N5O7. The average Bonchev–Trinajstić information content (AvgIpc) is 2.56. The van der Waals surface area contributed by atoms with Crippen LogP contribution in [0.3, 0.4) is 0 Å². The highest BCUT2D eigenvalue weighted by atomic mass is 16.4. The van der Waals surface area contributed by atoms with E-state index in [1.165, 1.54) is 13.8 Å². The molecule has 0 aromatic rings. The van der Waals surface area contributed by atoms with Gasteiger partial charge in [-0.1, -0.05) is 0 Å². The molecule has 0 saturated carbocycles. The minimum Gasteiger partial charge on any atom is -0.480 e. The van der Waals surface area contributed by atoms with Crippen LogP contribution < -0.4 is 27.4 Å². The summed E-state index contributed by atoms with van der Waals surface area (Å²) >= 11 is 0. The summed E-state index contributed by atoms with van der Waals surface area (Å²) in [7, 11) is 0. The molecule has 4 atom stereocenters. The molecule has 12 heteroatoms. The fourth-order valence-electron chi connectivity index (χ4n) is 1.70. The van der Waals surface area contributed by atoms with Crippen LogP contribution in [0, 0.1) is 0 Å². The smallest absolute Gasteiger partial charge is 0.328 e. The predicted molar refractivity (Wildman–Crippen MR) is 88.3 cm³/mol. The third kappa shape index (κ3) is 8.39. The molecule has 0 aliphatic rings. The first-order valence-electron chi connectivity index (χ1n) is 7.78. The van der Waals surface area contributed by atoms with E-state index in [9.17, 15) is 24.0 Å². The summed E-state index contributed by atoms with van der Waals surface area (Å²) in [5.74, 6) is -4.24. The zero-order valence-corrected chi connectivity index (χ0v) is 14.5. The number of rotatable bonds is 11. The van der Waals surface area contributed by atoms with Crippen LogP contribution in [0.4, 0.5) is 0 Å². The van der Waals surface area contributed by atoms with E-state index in [1.807, 2.05) is 5.32 Å². The van der Waals surface area contributed by atoms with Crippen molar-refractivity contribution >= 4 is 29.6 Å². The van der Waals surface area contributed by atoms with Crippen molar-refractivity contribution in [3.63, 3.8) is 0 Å². The number of primary amides is 1. The van der Waals surface area contributed by atoms with Crippen LogP contribution >= 0.6 is 0 Å². The lowest BCUT2D eigenvalue weighted by atomic mass is 10.1. The van der Waals surface area contributed by atoms with Gasteiger partial charge in [-0.05, 0) is 20.3 Å². The molecule has 0 aromatic heterocycles. The quantitative estimate of drug-likeness (QED) is 0.189. The standard InChI is InChI=1S/C14H25N5O7/c1-6(18-13(24)8(15)3-4-10(16)21)11(22)17-7(2)12(23)19-9(5-20)14(25)26/h6-9,20H,3-5,15H2,1-2H3,(H2,16,21)(H,17,22)(H,18,24)(H,19,23)(H,25,26). The van der Waals surface area contributed by atoms with Gasteiger partial charge in [-0.25, -0.2) is 4.79 Å². The van der Waals surface area contributed by atoms with E-state index in [4.69, 9.17) is 21.7 Å². The first-order chi connectivity index (χ1) is 12.0. The fourth-order valence-corrected chi connectivity index (χ4v) is 1.70. The van der Waals surface area contributed by atoms with E-state index in [0.29, 0.717) is 0 Å². The molecular weight excluding hydrogens is 350 g/mol. The van der Waals surface area contributed by atoms with Gasteiger partial charge in [0, 0.05) is 6.42 Å². The minimum absolute atomic E-state index is 0.0199. The van der Waals surface area contributed by atoms with Crippen LogP contribution in [0.5, 0.6) is 0 Å². The van der Waals surface area contributed by atoms with Gasteiger partial charge in [0.15, 0.2) is 0 Å². The molecule has 0 bridgehead atoms. The molecule has 26 heavy (non-hydrogen) atoms. The summed E-state index contributed by atoms with van der Waals surface area (Å²) in [6, 6.07) is -4.68. The molecule has 0 aliphatic heterocycles. The predicted octanol–water partition coefficient (Wildman–Crippen LogP) is -3.85. The van der Waals surface area contributed by atoms with Gasteiger partial charge in [-0.3, -0.25) is 19.2 Å². The van der Waals surface area contributed by atoms with Crippen LogP contribution in [0.25, 0.3) is 0 Å². The van der Waals surface area contributed by atoms with Crippen LogP contribution in [-0.2, 0) is 24.0 Å². The van der Waals surface area contributed by atoms with Crippen molar-refractivity contribution < 1.29 is 34.2 Å². The Hall–Kier alpha value is -2.73. The molecule has 0 rings (SSSR count). The van der Waals surface area contributed by atoms with Gasteiger partial charge in [0.2, 0.25) is 23.6 Å². The summed E-state index contributed by atoms with van der Waals surface area (Å²) in [6.07, 6.45) is -0.0615. The Morgan fingerprint density at radius 2 is 1.38 bits per heavy atom. The van der Waals surface area contributed by atoms with Crippen LogP contribution in [-0.4, -0.2) is 70.6 Å². The first kappa shape index (κ1) is 23.3. The highest BCUT2D eigenvalue weighted by Crippen LogP contribution is 1.96. The average molecular weight is 375 g/mol. The van der Waals surface area contributed by atoms with Crippen LogP contribution in [0.15, 0.2) is 0 Å². The molecule has 4 unspecified atom stereocenters. The Morgan fingerprint density at radius 1 is 0.923 bits per heavy atom. The molecule has 0 radical (unpaired) electrons. The molecule has 148 valence electrons. The Labute approximate surface area is 149 Å². The van der Waals surface area contributed by atoms with Gasteiger partial charge < -0.3 is 37.6 Å². The van der Waals surface area contributed by atoms with Gasteiger partial charge >= 0.3 is 5.97 Å². The minimum atomic E-state index is -1.50. The lowest BCUT2D eigenvalue weighted by Crippen LogP contribution is -2.55. The number of carbonyl (C=O) groups is 5. The Balaban J connectivity index is 4.51. The number of nitrogens with one attached hydrogen (secondary N) is 3. The van der Waals surface area contributed by atoms with Crippen molar-refractivity contribution in [1.29, 1.82) is 0 Å². The number of carboxylic acid groups (broad SMARTS) is 1. The van der Waals surface area contributed by atoms with Gasteiger partial charge in [-0.2, -0.15) is 0 Å². The maximum absolute atomic E-state index is 12.0. The molecule has 0 saturated heterocycles. The number of nitrogens with two attached hydrogens (primary N) is 2. The van der Waals surface area contributed by atoms with E-state index in [1.54, 1.807) is 0 Å². The number of aliphatic hydroxyl groups excluding tert-OH is 1. The van der Waals surface area contributed by atoms with Crippen molar-refractivity contribution in [2.75, 3.05) is 6.61 Å². The largest absolute Gasteiger partial charge is 0.480 e. The number of hydrogen-bond donors (Lipinski definition) is 7. The highest BCUT2D eigenvalue weighted by molar-refractivity contribution is 5.93. The molecule has 12 nitrogen and oxygen atoms in total. The lowest BCUT2D eigenvalue weighted by molar-refractivity contribution is -0.143. The molecule has 0 spiro atoms. The number of hydrogen-bond acceptors (Lipinski definition) is 7. The van der Waals surface area contributed by atoms with Gasteiger partial charge in [-0.15, -0.1) is 0 Å². The zero-order valence-electron chi connectivity index (χ0n) is 14.5. The second-order valence-corrected chi connectivity index (χ2v) is 5.65. The molecule has 0 fully saturated rings. The number of amides is 4. The molecule has 0 aliphatic carbocycles. The fraction of sp³-hybridized carbons (Fsp3) is 0.643. The van der Waals surface area contributed by atoms with Gasteiger partial charge in [0.05, 0.1) is 12.6 Å². The van der Waals surface area contributed by atoms with Crippen molar-refractivity contribution in [3.8, 4) is 0 Å². The second kappa shape index (κ2) is 11.0. The van der Waals surface area contributed by atoms with Crippen molar-refractivity contribution in [3.05, 3.63) is 0 Å². The number of carbonyl (C=O) groups excluding carboxylic acids is 4. The van der Waals surface area contributed by atoms with E-state index in [-0.39, 0.29) is 12.8 Å². The summed E-state index contributed by atoms with van der Waals surface area (Å²) < 4.78 is 0. The summed E-state index contributed by atoms with van der Waals surface area (Å²) in [4.78, 5) is 57.0.